The molecule has 1 amide bonds. The number of carbonyl (C=O) groups excluding carboxylic acids is 1. The lowest BCUT2D eigenvalue weighted by Crippen LogP contribution is -2.10. The van der Waals surface area contributed by atoms with Crippen LogP contribution in [0.25, 0.3) is 0 Å². The van der Waals surface area contributed by atoms with Crippen LogP contribution in [0.15, 0.2) is 42.6 Å². The van der Waals surface area contributed by atoms with Gasteiger partial charge in [-0.1, -0.05) is 12.1 Å². The summed E-state index contributed by atoms with van der Waals surface area (Å²) in [6, 6.07) is 9.50. The van der Waals surface area contributed by atoms with Crippen LogP contribution in [-0.4, -0.2) is 15.8 Å². The van der Waals surface area contributed by atoms with Crippen LogP contribution < -0.4 is 10.5 Å². The molecule has 0 spiro atoms. The summed E-state index contributed by atoms with van der Waals surface area (Å²) in [6.07, 6.45) is 1.33. The van der Waals surface area contributed by atoms with Crippen LogP contribution in [0.4, 0.5) is 5.82 Å². The molecule has 0 aliphatic carbocycles. The summed E-state index contributed by atoms with van der Waals surface area (Å²) < 4.78 is 5.36. The zero-order valence-corrected chi connectivity index (χ0v) is 10.4. The molecule has 0 saturated heterocycles. The number of hydrogen-bond donors (Lipinski definition) is 1. The van der Waals surface area contributed by atoms with Crippen LogP contribution in [0.5, 0.6) is 5.75 Å². The molecule has 102 valence electrons. The van der Waals surface area contributed by atoms with Crippen LogP contribution in [0.1, 0.15) is 15.9 Å². The van der Waals surface area contributed by atoms with Crippen molar-refractivity contribution >= 4 is 11.7 Å². The molecule has 2 aromatic rings. The van der Waals surface area contributed by atoms with Gasteiger partial charge in [0.25, 0.3) is 0 Å². The average Bonchev–Trinajstić information content (AvgIpc) is 2.45. The number of benzene rings is 1. The standard InChI is InChI=1S/C13H11N3O4/c14-12(17)10-5-3-9(4-6-10)8-20-11-2-1-7-15-13(11)16(18)19/h1-7H,8H2,(H2,14,17). The highest BCUT2D eigenvalue weighted by Crippen LogP contribution is 2.23. The van der Waals surface area contributed by atoms with E-state index in [1.54, 1.807) is 30.3 Å². The molecule has 0 aliphatic rings. The lowest BCUT2D eigenvalue weighted by molar-refractivity contribution is -0.390. The molecule has 0 atom stereocenters. The van der Waals surface area contributed by atoms with Crippen LogP contribution >= 0.6 is 0 Å². The number of amides is 1. The molecule has 0 unspecified atom stereocenters. The SMILES string of the molecule is NC(=O)c1ccc(COc2cccnc2[N+](=O)[O-])cc1. The summed E-state index contributed by atoms with van der Waals surface area (Å²) in [5, 5.41) is 10.8. The largest absolute Gasteiger partial charge is 0.481 e. The fourth-order valence-electron chi connectivity index (χ4n) is 1.56. The molecule has 1 heterocycles. The summed E-state index contributed by atoms with van der Waals surface area (Å²) in [7, 11) is 0. The first-order chi connectivity index (χ1) is 9.58. The van der Waals surface area contributed by atoms with Gasteiger partial charge >= 0.3 is 5.82 Å². The van der Waals surface area contributed by atoms with E-state index in [1.165, 1.54) is 12.3 Å². The van der Waals surface area contributed by atoms with Gasteiger partial charge in [0.2, 0.25) is 11.7 Å². The normalized spacial score (nSPS) is 10.0. The van der Waals surface area contributed by atoms with Crippen molar-refractivity contribution in [2.75, 3.05) is 0 Å². The molecule has 0 radical (unpaired) electrons. The van der Waals surface area contributed by atoms with Crippen molar-refractivity contribution < 1.29 is 14.5 Å². The Bertz CT molecular complexity index is 640. The summed E-state index contributed by atoms with van der Waals surface area (Å²) >= 11 is 0. The van der Waals surface area contributed by atoms with Crippen molar-refractivity contribution in [1.82, 2.24) is 4.98 Å². The summed E-state index contributed by atoms with van der Waals surface area (Å²) in [5.74, 6) is -0.752. The lowest BCUT2D eigenvalue weighted by atomic mass is 10.1. The van der Waals surface area contributed by atoms with Crippen molar-refractivity contribution in [2.24, 2.45) is 5.73 Å². The van der Waals surface area contributed by atoms with E-state index < -0.39 is 10.8 Å². The molecule has 0 saturated carbocycles. The van der Waals surface area contributed by atoms with Gasteiger partial charge in [0, 0.05) is 5.56 Å². The number of carbonyl (C=O) groups is 1. The number of hydrogen-bond acceptors (Lipinski definition) is 5. The third-order valence-electron chi connectivity index (χ3n) is 2.56. The minimum absolute atomic E-state index is 0.0940. The molecule has 7 heteroatoms. The van der Waals surface area contributed by atoms with E-state index in [-0.39, 0.29) is 18.2 Å². The van der Waals surface area contributed by atoms with Crippen molar-refractivity contribution in [3.05, 3.63) is 63.8 Å². The Balaban J connectivity index is 2.09. The predicted molar refractivity (Wildman–Crippen MR) is 70.2 cm³/mol. The quantitative estimate of drug-likeness (QED) is 0.658. The number of nitrogens with zero attached hydrogens (tertiary/aromatic N) is 2. The van der Waals surface area contributed by atoms with Gasteiger partial charge < -0.3 is 20.6 Å². The fraction of sp³-hybridized carbons (Fsp3) is 0.0769. The van der Waals surface area contributed by atoms with Gasteiger partial charge in [-0.25, -0.2) is 0 Å². The number of ether oxygens (including phenoxy) is 1. The highest BCUT2D eigenvalue weighted by atomic mass is 16.6. The van der Waals surface area contributed by atoms with Gasteiger partial charge in [-0.3, -0.25) is 4.79 Å². The van der Waals surface area contributed by atoms with Gasteiger partial charge in [0.1, 0.15) is 12.8 Å². The second kappa shape index (κ2) is 5.79. The van der Waals surface area contributed by atoms with E-state index in [1.807, 2.05) is 0 Å². The summed E-state index contributed by atoms with van der Waals surface area (Å²) in [5.41, 5.74) is 6.28. The zero-order valence-electron chi connectivity index (χ0n) is 10.4. The van der Waals surface area contributed by atoms with Gasteiger partial charge in [0.15, 0.2) is 0 Å². The maximum atomic E-state index is 10.9. The van der Waals surface area contributed by atoms with Crippen molar-refractivity contribution in [2.45, 2.75) is 6.61 Å². The van der Waals surface area contributed by atoms with Gasteiger partial charge in [-0.05, 0) is 39.7 Å². The molecule has 2 N–H and O–H groups in total. The molecule has 1 aromatic carbocycles. The van der Waals surface area contributed by atoms with E-state index in [9.17, 15) is 14.9 Å². The minimum atomic E-state index is -0.606. The summed E-state index contributed by atoms with van der Waals surface area (Å²) in [6.45, 7) is 0.131. The van der Waals surface area contributed by atoms with Crippen LogP contribution in [-0.2, 0) is 6.61 Å². The third kappa shape index (κ3) is 3.08. The monoisotopic (exact) mass is 273 g/mol. The number of nitro groups is 1. The Kier molecular flexibility index (Phi) is 3.90. The van der Waals surface area contributed by atoms with Crippen molar-refractivity contribution in [1.29, 1.82) is 0 Å². The highest BCUT2D eigenvalue weighted by molar-refractivity contribution is 5.92. The lowest BCUT2D eigenvalue weighted by Gasteiger charge is -2.06. The molecular weight excluding hydrogens is 262 g/mol. The molecule has 20 heavy (non-hydrogen) atoms. The van der Waals surface area contributed by atoms with E-state index >= 15 is 0 Å². The molecular formula is C13H11N3O4. The minimum Gasteiger partial charge on any atom is -0.481 e. The van der Waals surface area contributed by atoms with Crippen molar-refractivity contribution in [3.63, 3.8) is 0 Å². The highest BCUT2D eigenvalue weighted by Gasteiger charge is 2.15. The molecule has 1 aromatic heterocycles. The second-order valence-corrected chi connectivity index (χ2v) is 3.93. The Hall–Kier alpha value is -2.96. The number of pyridine rings is 1. The Labute approximate surface area is 114 Å². The first-order valence-electron chi connectivity index (χ1n) is 5.69. The number of rotatable bonds is 5. The zero-order chi connectivity index (χ0) is 14.5. The van der Waals surface area contributed by atoms with Crippen LogP contribution in [0.2, 0.25) is 0 Å². The van der Waals surface area contributed by atoms with Gasteiger partial charge in [-0.15, -0.1) is 0 Å². The Morgan fingerprint density at radius 2 is 2.00 bits per heavy atom. The fourth-order valence-corrected chi connectivity index (χ4v) is 1.56. The Morgan fingerprint density at radius 3 is 2.60 bits per heavy atom. The third-order valence-corrected chi connectivity index (χ3v) is 2.56. The van der Waals surface area contributed by atoms with Crippen LogP contribution in [0, 0.1) is 10.1 Å². The number of nitrogens with two attached hydrogens (primary N) is 1. The molecule has 0 fully saturated rings. The molecule has 2 rings (SSSR count). The van der Waals surface area contributed by atoms with Crippen LogP contribution in [0.3, 0.4) is 0 Å². The summed E-state index contributed by atoms with van der Waals surface area (Å²) in [4.78, 5) is 24.7. The smallest absolute Gasteiger partial charge is 0.406 e. The first kappa shape index (κ1) is 13.5. The average molecular weight is 273 g/mol. The molecule has 7 nitrogen and oxygen atoms in total. The predicted octanol–water partition coefficient (Wildman–Crippen LogP) is 1.67. The van der Waals surface area contributed by atoms with Gasteiger partial charge in [-0.2, -0.15) is 0 Å². The van der Waals surface area contributed by atoms with E-state index in [2.05, 4.69) is 4.98 Å². The van der Waals surface area contributed by atoms with Crippen molar-refractivity contribution in [3.8, 4) is 5.75 Å². The second-order valence-electron chi connectivity index (χ2n) is 3.93. The maximum Gasteiger partial charge on any atom is 0.406 e. The molecule has 0 bridgehead atoms. The topological polar surface area (TPSA) is 108 Å². The maximum absolute atomic E-state index is 10.9. The van der Waals surface area contributed by atoms with E-state index in [0.717, 1.165) is 5.56 Å². The van der Waals surface area contributed by atoms with Gasteiger partial charge in [0.05, 0.1) is 0 Å². The number of aromatic nitrogens is 1. The van der Waals surface area contributed by atoms with E-state index in [4.69, 9.17) is 10.5 Å². The first-order valence-corrected chi connectivity index (χ1v) is 5.69. The van der Waals surface area contributed by atoms with E-state index in [0.29, 0.717) is 5.56 Å². The molecule has 0 aliphatic heterocycles. The Morgan fingerprint density at radius 1 is 1.30 bits per heavy atom. The number of primary amides is 1.